The van der Waals surface area contributed by atoms with Crippen LogP contribution in [0.25, 0.3) is 0 Å². The summed E-state index contributed by atoms with van der Waals surface area (Å²) in [6, 6.07) is 0. The van der Waals surface area contributed by atoms with E-state index < -0.39 is 86.6 Å². The number of hydrogen-bond acceptors (Lipinski definition) is 13. The van der Waals surface area contributed by atoms with E-state index in [1.54, 1.807) is 0 Å². The van der Waals surface area contributed by atoms with Crippen LogP contribution in [0.2, 0.25) is 0 Å². The second-order valence-electron chi connectivity index (χ2n) is 6.73. The van der Waals surface area contributed by atoms with Crippen LogP contribution in [-0.4, -0.2) is 117 Å². The van der Waals surface area contributed by atoms with Gasteiger partial charge in [0.1, 0.15) is 37.1 Å². The number of carbonyl (C=O) groups is 2. The molecule has 0 aromatic rings. The van der Waals surface area contributed by atoms with Crippen LogP contribution in [0.15, 0.2) is 0 Å². The molecule has 6 N–H and O–H groups in total. The molecule has 13 nitrogen and oxygen atoms in total. The normalized spacial score (nSPS) is 42.5. The SMILES string of the molecule is CC(=O)O[C@H]1[C@@H](O[C@]2(CO)O[C@H](CO)[C@@H](O)[C@@H]2OC(C)=O)O[C@H](CO)[C@@H](O)[C@@H]1O. The van der Waals surface area contributed by atoms with Gasteiger partial charge < -0.3 is 54.3 Å². The minimum atomic E-state index is -2.27. The molecular weight excluding hydrogens is 400 g/mol. The highest BCUT2D eigenvalue weighted by Crippen LogP contribution is 2.38. The highest BCUT2D eigenvalue weighted by Gasteiger charge is 2.61. The predicted molar refractivity (Wildman–Crippen MR) is 87.7 cm³/mol. The fraction of sp³-hybridized carbons (Fsp3) is 0.875. The third kappa shape index (κ3) is 4.84. The molecule has 2 heterocycles. The highest BCUT2D eigenvalue weighted by atomic mass is 16.8. The molecule has 2 saturated heterocycles. The quantitative estimate of drug-likeness (QED) is 0.214. The average molecular weight is 426 g/mol. The Hall–Kier alpha value is -1.42. The zero-order chi connectivity index (χ0) is 21.9. The largest absolute Gasteiger partial charge is 0.454 e. The fourth-order valence-electron chi connectivity index (χ4n) is 3.26. The van der Waals surface area contributed by atoms with Crippen molar-refractivity contribution in [3.63, 3.8) is 0 Å². The molecule has 0 aromatic heterocycles. The first-order chi connectivity index (χ1) is 13.6. The van der Waals surface area contributed by atoms with Crippen molar-refractivity contribution in [1.29, 1.82) is 0 Å². The van der Waals surface area contributed by atoms with Gasteiger partial charge in [0.05, 0.1) is 13.2 Å². The van der Waals surface area contributed by atoms with E-state index in [1.807, 2.05) is 0 Å². The lowest BCUT2D eigenvalue weighted by molar-refractivity contribution is -0.384. The number of ether oxygens (including phenoxy) is 5. The Bertz CT molecular complexity index is 585. The molecule has 0 aliphatic carbocycles. The molecule has 0 spiro atoms. The molecule has 2 aliphatic heterocycles. The summed E-state index contributed by atoms with van der Waals surface area (Å²) < 4.78 is 26.2. The third-order valence-electron chi connectivity index (χ3n) is 4.61. The molecule has 0 aromatic carbocycles. The number of aliphatic hydroxyl groups excluding tert-OH is 6. The van der Waals surface area contributed by atoms with E-state index in [9.17, 15) is 40.2 Å². The Morgan fingerprint density at radius 3 is 1.97 bits per heavy atom. The van der Waals surface area contributed by atoms with E-state index in [-0.39, 0.29) is 0 Å². The van der Waals surface area contributed by atoms with Crippen LogP contribution in [0.1, 0.15) is 13.8 Å². The van der Waals surface area contributed by atoms with Crippen LogP contribution in [0.4, 0.5) is 0 Å². The van der Waals surface area contributed by atoms with Gasteiger partial charge >= 0.3 is 11.9 Å². The zero-order valence-electron chi connectivity index (χ0n) is 15.8. The second kappa shape index (κ2) is 9.59. The van der Waals surface area contributed by atoms with Gasteiger partial charge in [-0.3, -0.25) is 9.59 Å². The van der Waals surface area contributed by atoms with Crippen molar-refractivity contribution in [1.82, 2.24) is 0 Å². The lowest BCUT2D eigenvalue weighted by Gasteiger charge is -2.44. The number of rotatable bonds is 7. The molecule has 29 heavy (non-hydrogen) atoms. The van der Waals surface area contributed by atoms with Crippen molar-refractivity contribution in [2.24, 2.45) is 0 Å². The maximum absolute atomic E-state index is 11.4. The number of esters is 2. The van der Waals surface area contributed by atoms with Gasteiger partial charge in [-0.1, -0.05) is 0 Å². The Morgan fingerprint density at radius 1 is 0.897 bits per heavy atom. The Kier molecular flexibility index (Phi) is 7.89. The molecule has 168 valence electrons. The summed E-state index contributed by atoms with van der Waals surface area (Å²) in [6.45, 7) is -0.415. The maximum atomic E-state index is 11.4. The van der Waals surface area contributed by atoms with E-state index in [1.165, 1.54) is 0 Å². The summed E-state index contributed by atoms with van der Waals surface area (Å²) in [6.07, 6.45) is -12.6. The van der Waals surface area contributed by atoms with E-state index in [4.69, 9.17) is 23.7 Å². The van der Waals surface area contributed by atoms with Gasteiger partial charge in [0.15, 0.2) is 12.2 Å². The first-order valence-electron chi connectivity index (χ1n) is 8.82. The monoisotopic (exact) mass is 426 g/mol. The van der Waals surface area contributed by atoms with E-state index >= 15 is 0 Å². The van der Waals surface area contributed by atoms with Crippen molar-refractivity contribution in [3.8, 4) is 0 Å². The summed E-state index contributed by atoms with van der Waals surface area (Å²) in [5.74, 6) is -4.00. The predicted octanol–water partition coefficient (Wildman–Crippen LogP) is -4.25. The van der Waals surface area contributed by atoms with Gasteiger partial charge in [0, 0.05) is 13.8 Å². The lowest BCUT2D eigenvalue weighted by Crippen LogP contribution is -2.63. The summed E-state index contributed by atoms with van der Waals surface area (Å²) in [4.78, 5) is 22.9. The molecule has 0 saturated carbocycles. The highest BCUT2D eigenvalue weighted by molar-refractivity contribution is 5.66. The smallest absolute Gasteiger partial charge is 0.303 e. The van der Waals surface area contributed by atoms with Crippen molar-refractivity contribution in [3.05, 3.63) is 0 Å². The van der Waals surface area contributed by atoms with Crippen molar-refractivity contribution in [2.75, 3.05) is 19.8 Å². The zero-order valence-corrected chi connectivity index (χ0v) is 15.8. The van der Waals surface area contributed by atoms with Gasteiger partial charge in [0.2, 0.25) is 12.1 Å². The van der Waals surface area contributed by atoms with Gasteiger partial charge in [0.25, 0.3) is 0 Å². The summed E-state index contributed by atoms with van der Waals surface area (Å²) in [5.41, 5.74) is 0. The molecule has 2 fully saturated rings. The number of carbonyl (C=O) groups excluding carboxylic acids is 2. The topological polar surface area (TPSA) is 202 Å². The third-order valence-corrected chi connectivity index (χ3v) is 4.61. The van der Waals surface area contributed by atoms with Crippen LogP contribution < -0.4 is 0 Å². The summed E-state index contributed by atoms with van der Waals surface area (Å²) in [7, 11) is 0. The molecule has 9 atom stereocenters. The van der Waals surface area contributed by atoms with Gasteiger partial charge in [-0.2, -0.15) is 0 Å². The minimum absolute atomic E-state index is 0.719. The minimum Gasteiger partial charge on any atom is -0.454 e. The van der Waals surface area contributed by atoms with Crippen molar-refractivity contribution >= 4 is 11.9 Å². The summed E-state index contributed by atoms with van der Waals surface area (Å²) >= 11 is 0. The maximum Gasteiger partial charge on any atom is 0.303 e. The van der Waals surface area contributed by atoms with Crippen LogP contribution in [0, 0.1) is 0 Å². The fourth-order valence-corrected chi connectivity index (χ4v) is 3.26. The number of hydrogen-bond donors (Lipinski definition) is 6. The molecule has 0 amide bonds. The molecule has 0 unspecified atom stereocenters. The van der Waals surface area contributed by atoms with Crippen molar-refractivity contribution < 1.29 is 63.9 Å². The van der Waals surface area contributed by atoms with E-state index in [0.717, 1.165) is 13.8 Å². The Labute approximate surface area is 165 Å². The molecule has 0 bridgehead atoms. The van der Waals surface area contributed by atoms with Gasteiger partial charge in [-0.25, -0.2) is 0 Å². The standard InChI is InChI=1S/C16H26O13/c1-6(20)25-13-12(24)10(22)8(3-17)27-15(13)29-16(5-19)14(26-7(2)21)11(23)9(4-18)28-16/h8-15,17-19,22-24H,3-5H2,1-2H3/t8-,9-,10-,11-,12+,13-,14+,15-,16+/m1/s1. The van der Waals surface area contributed by atoms with Crippen LogP contribution in [0.3, 0.4) is 0 Å². The van der Waals surface area contributed by atoms with Gasteiger partial charge in [-0.15, -0.1) is 0 Å². The summed E-state index contributed by atoms with van der Waals surface area (Å²) in [5, 5.41) is 59.2. The van der Waals surface area contributed by atoms with Crippen LogP contribution in [-0.2, 0) is 33.3 Å². The first-order valence-corrected chi connectivity index (χ1v) is 8.82. The lowest BCUT2D eigenvalue weighted by atomic mass is 9.98. The molecule has 2 aliphatic rings. The second-order valence-corrected chi connectivity index (χ2v) is 6.73. The van der Waals surface area contributed by atoms with E-state index in [0.29, 0.717) is 0 Å². The Morgan fingerprint density at radius 2 is 1.48 bits per heavy atom. The van der Waals surface area contributed by atoms with Crippen LogP contribution in [0.5, 0.6) is 0 Å². The molecule has 13 heteroatoms. The number of aliphatic hydroxyl groups is 6. The van der Waals surface area contributed by atoms with Gasteiger partial charge in [-0.05, 0) is 0 Å². The molecule has 0 radical (unpaired) electrons. The van der Waals surface area contributed by atoms with Crippen molar-refractivity contribution in [2.45, 2.75) is 68.7 Å². The van der Waals surface area contributed by atoms with E-state index in [2.05, 4.69) is 0 Å². The molecule has 2 rings (SSSR count). The molecular formula is C16H26O13. The average Bonchev–Trinajstić information content (AvgIpc) is 2.92. The Balaban J connectivity index is 2.37. The van der Waals surface area contributed by atoms with Crippen LogP contribution >= 0.6 is 0 Å². The first kappa shape index (κ1) is 23.9.